The van der Waals surface area contributed by atoms with Gasteiger partial charge >= 0.3 is 0 Å². The van der Waals surface area contributed by atoms with Gasteiger partial charge in [-0.1, -0.05) is 27.7 Å². The van der Waals surface area contributed by atoms with Gasteiger partial charge in [0.15, 0.2) is 0 Å². The molecule has 3 nitrogen and oxygen atoms in total. The van der Waals surface area contributed by atoms with Gasteiger partial charge in [-0.25, -0.2) is 0 Å². The van der Waals surface area contributed by atoms with Crippen LogP contribution in [0.15, 0.2) is 0 Å². The summed E-state index contributed by atoms with van der Waals surface area (Å²) in [4.78, 5) is 0. The second-order valence-electron chi connectivity index (χ2n) is 5.25. The highest BCUT2D eigenvalue weighted by Gasteiger charge is 2.28. The van der Waals surface area contributed by atoms with Crippen LogP contribution < -0.4 is 16.0 Å². The molecule has 0 aromatic heterocycles. The van der Waals surface area contributed by atoms with Crippen molar-refractivity contribution in [3.05, 3.63) is 0 Å². The van der Waals surface area contributed by atoms with E-state index in [1.165, 1.54) is 12.8 Å². The Balaban J connectivity index is 1.90. The van der Waals surface area contributed by atoms with Gasteiger partial charge in [0.05, 0.1) is 0 Å². The summed E-state index contributed by atoms with van der Waals surface area (Å²) in [7, 11) is 0. The predicted octanol–water partition coefficient (Wildman–Crippen LogP) is 1.10. The van der Waals surface area contributed by atoms with Crippen molar-refractivity contribution >= 4 is 0 Å². The van der Waals surface area contributed by atoms with Gasteiger partial charge in [-0.05, 0) is 12.8 Å². The van der Waals surface area contributed by atoms with Crippen LogP contribution in [-0.2, 0) is 0 Å². The average Bonchev–Trinajstić information content (AvgIpc) is 2.06. The van der Waals surface area contributed by atoms with Crippen molar-refractivity contribution in [2.45, 2.75) is 64.7 Å². The zero-order chi connectivity index (χ0) is 11.3. The first kappa shape index (κ1) is 12.9. The minimum Gasteiger partial charge on any atom is -0.313 e. The third-order valence-electron chi connectivity index (χ3n) is 2.82. The van der Waals surface area contributed by atoms with E-state index in [-0.39, 0.29) is 0 Å². The Kier molecular flexibility index (Phi) is 5.58. The summed E-state index contributed by atoms with van der Waals surface area (Å²) >= 11 is 0. The highest BCUT2D eigenvalue weighted by molar-refractivity contribution is 4.90. The number of hydrogen-bond donors (Lipinski definition) is 3. The molecule has 3 N–H and O–H groups in total. The van der Waals surface area contributed by atoms with Crippen LogP contribution in [0.5, 0.6) is 0 Å². The van der Waals surface area contributed by atoms with Gasteiger partial charge in [-0.3, -0.25) is 0 Å². The Hall–Kier alpha value is -0.120. The van der Waals surface area contributed by atoms with Crippen LogP contribution in [0.1, 0.15) is 40.5 Å². The van der Waals surface area contributed by atoms with E-state index < -0.39 is 0 Å². The molecular weight excluding hydrogens is 186 g/mol. The molecule has 1 fully saturated rings. The van der Waals surface area contributed by atoms with Gasteiger partial charge in [-0.2, -0.15) is 0 Å². The van der Waals surface area contributed by atoms with E-state index in [0.717, 1.165) is 25.2 Å². The summed E-state index contributed by atoms with van der Waals surface area (Å²) in [5, 5.41) is 10.6. The molecule has 0 aromatic carbocycles. The predicted molar refractivity (Wildman–Crippen MR) is 66.2 cm³/mol. The van der Waals surface area contributed by atoms with Crippen LogP contribution in [0, 0.1) is 0 Å². The Morgan fingerprint density at radius 3 is 2.13 bits per heavy atom. The maximum absolute atomic E-state index is 3.58. The van der Waals surface area contributed by atoms with Crippen LogP contribution in [0.25, 0.3) is 0 Å². The lowest BCUT2D eigenvalue weighted by Crippen LogP contribution is -2.53. The molecule has 0 unspecified atom stereocenters. The van der Waals surface area contributed by atoms with Crippen LogP contribution in [0.4, 0.5) is 0 Å². The fourth-order valence-electron chi connectivity index (χ4n) is 2.03. The SMILES string of the molecule is CC(C)NCCN[C@H]1C[C@@H](NC(C)C)C1. The zero-order valence-electron chi connectivity index (χ0n) is 10.6. The van der Waals surface area contributed by atoms with Gasteiger partial charge < -0.3 is 16.0 Å². The first-order chi connectivity index (χ1) is 7.08. The first-order valence-electron chi connectivity index (χ1n) is 6.30. The Morgan fingerprint density at radius 1 is 0.933 bits per heavy atom. The third-order valence-corrected chi connectivity index (χ3v) is 2.82. The number of hydrogen-bond acceptors (Lipinski definition) is 3. The largest absolute Gasteiger partial charge is 0.313 e. The monoisotopic (exact) mass is 213 g/mol. The lowest BCUT2D eigenvalue weighted by atomic mass is 9.86. The van der Waals surface area contributed by atoms with Crippen molar-refractivity contribution in [2.75, 3.05) is 13.1 Å². The molecule has 0 amide bonds. The fraction of sp³-hybridized carbons (Fsp3) is 1.00. The van der Waals surface area contributed by atoms with Crippen molar-refractivity contribution in [3.8, 4) is 0 Å². The third kappa shape index (κ3) is 5.50. The maximum Gasteiger partial charge on any atom is 0.00990 e. The molecule has 1 aliphatic rings. The molecule has 0 bridgehead atoms. The molecule has 15 heavy (non-hydrogen) atoms. The lowest BCUT2D eigenvalue weighted by Gasteiger charge is -2.38. The van der Waals surface area contributed by atoms with E-state index in [2.05, 4.69) is 43.6 Å². The van der Waals surface area contributed by atoms with E-state index >= 15 is 0 Å². The standard InChI is InChI=1S/C12H27N3/c1-9(2)13-5-6-14-11-7-12(8-11)15-10(3)4/h9-15H,5-8H2,1-4H3/t11-,12+. The Morgan fingerprint density at radius 2 is 1.60 bits per heavy atom. The molecule has 1 rings (SSSR count). The van der Waals surface area contributed by atoms with E-state index in [1.54, 1.807) is 0 Å². The molecule has 0 radical (unpaired) electrons. The van der Waals surface area contributed by atoms with Crippen molar-refractivity contribution in [3.63, 3.8) is 0 Å². The first-order valence-corrected chi connectivity index (χ1v) is 6.30. The second kappa shape index (κ2) is 6.46. The zero-order valence-corrected chi connectivity index (χ0v) is 10.6. The van der Waals surface area contributed by atoms with Gasteiger partial charge in [0.1, 0.15) is 0 Å². The number of nitrogens with one attached hydrogen (secondary N) is 3. The quantitative estimate of drug-likeness (QED) is 0.554. The van der Waals surface area contributed by atoms with Gasteiger partial charge in [0.25, 0.3) is 0 Å². The van der Waals surface area contributed by atoms with E-state index in [4.69, 9.17) is 0 Å². The average molecular weight is 213 g/mol. The number of rotatable bonds is 7. The molecule has 0 saturated heterocycles. The lowest BCUT2D eigenvalue weighted by molar-refractivity contribution is 0.237. The summed E-state index contributed by atoms with van der Waals surface area (Å²) in [6.07, 6.45) is 2.58. The van der Waals surface area contributed by atoms with Crippen molar-refractivity contribution in [2.24, 2.45) is 0 Å². The van der Waals surface area contributed by atoms with E-state index in [0.29, 0.717) is 12.1 Å². The van der Waals surface area contributed by atoms with Crippen LogP contribution in [-0.4, -0.2) is 37.3 Å². The van der Waals surface area contributed by atoms with Crippen LogP contribution >= 0.6 is 0 Å². The second-order valence-corrected chi connectivity index (χ2v) is 5.25. The molecule has 1 aliphatic carbocycles. The molecule has 0 heterocycles. The molecule has 0 aliphatic heterocycles. The minimum absolute atomic E-state index is 0.601. The molecular formula is C12H27N3. The summed E-state index contributed by atoms with van der Waals surface area (Å²) in [5.74, 6) is 0. The van der Waals surface area contributed by atoms with Crippen molar-refractivity contribution in [1.29, 1.82) is 0 Å². The molecule has 90 valence electrons. The maximum atomic E-state index is 3.58. The van der Waals surface area contributed by atoms with Gasteiger partial charge in [0, 0.05) is 37.3 Å². The van der Waals surface area contributed by atoms with E-state index in [1.807, 2.05) is 0 Å². The van der Waals surface area contributed by atoms with Crippen LogP contribution in [0.2, 0.25) is 0 Å². The highest BCUT2D eigenvalue weighted by atomic mass is 15.0. The van der Waals surface area contributed by atoms with Crippen LogP contribution in [0.3, 0.4) is 0 Å². The smallest absolute Gasteiger partial charge is 0.00990 e. The fourth-order valence-corrected chi connectivity index (χ4v) is 2.03. The van der Waals surface area contributed by atoms with E-state index in [9.17, 15) is 0 Å². The summed E-state index contributed by atoms with van der Waals surface area (Å²) < 4.78 is 0. The minimum atomic E-state index is 0.601. The Bertz CT molecular complexity index is 162. The molecule has 1 saturated carbocycles. The van der Waals surface area contributed by atoms with Crippen molar-refractivity contribution < 1.29 is 0 Å². The molecule has 0 aromatic rings. The topological polar surface area (TPSA) is 36.1 Å². The summed E-state index contributed by atoms with van der Waals surface area (Å²) in [6, 6.07) is 2.72. The summed E-state index contributed by atoms with van der Waals surface area (Å²) in [5.41, 5.74) is 0. The Labute approximate surface area is 94.4 Å². The van der Waals surface area contributed by atoms with Gasteiger partial charge in [-0.15, -0.1) is 0 Å². The molecule has 3 heteroatoms. The van der Waals surface area contributed by atoms with Crippen molar-refractivity contribution in [1.82, 2.24) is 16.0 Å². The normalized spacial score (nSPS) is 26.0. The molecule has 0 spiro atoms. The molecule has 0 atom stereocenters. The summed E-state index contributed by atoms with van der Waals surface area (Å²) in [6.45, 7) is 11.0. The van der Waals surface area contributed by atoms with Gasteiger partial charge in [0.2, 0.25) is 0 Å². The highest BCUT2D eigenvalue weighted by Crippen LogP contribution is 2.19.